The van der Waals surface area contributed by atoms with Crippen molar-refractivity contribution in [2.24, 2.45) is 5.92 Å². The molecule has 2 fully saturated rings. The third-order valence-corrected chi connectivity index (χ3v) is 3.81. The van der Waals surface area contributed by atoms with Crippen LogP contribution in [0.15, 0.2) is 18.2 Å². The number of nitrogens with one attached hydrogen (secondary N) is 1. The fraction of sp³-hybridized carbons (Fsp3) is 0.500. The molecule has 1 aromatic rings. The van der Waals surface area contributed by atoms with Crippen LogP contribution < -0.4 is 5.32 Å². The molecule has 1 nitrogen and oxygen atoms in total. The molecule has 1 aromatic carbocycles. The second-order valence-corrected chi connectivity index (χ2v) is 4.65. The summed E-state index contributed by atoms with van der Waals surface area (Å²) in [6.07, 6.45) is 1.24. The third-order valence-electron chi connectivity index (χ3n) is 3.81. The lowest BCUT2D eigenvalue weighted by Gasteiger charge is -2.12. The molecule has 0 aromatic heterocycles. The average molecular weight is 191 g/mol. The first-order valence-electron chi connectivity index (χ1n) is 5.20. The van der Waals surface area contributed by atoms with Gasteiger partial charge in [-0.15, -0.1) is 0 Å². The molecule has 3 rings (SSSR count). The highest BCUT2D eigenvalue weighted by atomic mass is 19.1. The summed E-state index contributed by atoms with van der Waals surface area (Å²) in [4.78, 5) is 0. The molecule has 1 saturated heterocycles. The maximum atomic E-state index is 13.4. The normalized spacial score (nSPS) is 34.3. The Bertz CT molecular complexity index is 388. The minimum atomic E-state index is -0.0607. The molecular weight excluding hydrogens is 177 g/mol. The van der Waals surface area contributed by atoms with Crippen molar-refractivity contribution >= 4 is 0 Å². The number of aryl methyl sites for hydroxylation is 1. The molecule has 0 amide bonds. The van der Waals surface area contributed by atoms with Crippen LogP contribution in [0.25, 0.3) is 0 Å². The van der Waals surface area contributed by atoms with Crippen LogP contribution in [0.4, 0.5) is 4.39 Å². The predicted molar refractivity (Wildman–Crippen MR) is 53.8 cm³/mol. The lowest BCUT2D eigenvalue weighted by molar-refractivity contribution is 0.606. The molecule has 2 heteroatoms. The minimum absolute atomic E-state index is 0.0607. The molecule has 14 heavy (non-hydrogen) atoms. The SMILES string of the molecule is Cc1ccc([C@]23CNC[C@H]2C3)cc1F. The highest BCUT2D eigenvalue weighted by Gasteiger charge is 2.58. The summed E-state index contributed by atoms with van der Waals surface area (Å²) in [7, 11) is 0. The van der Waals surface area contributed by atoms with Crippen LogP contribution in [-0.4, -0.2) is 13.1 Å². The summed E-state index contributed by atoms with van der Waals surface area (Å²) < 4.78 is 13.4. The van der Waals surface area contributed by atoms with E-state index in [1.165, 1.54) is 12.0 Å². The monoisotopic (exact) mass is 191 g/mol. The van der Waals surface area contributed by atoms with Crippen LogP contribution >= 0.6 is 0 Å². The quantitative estimate of drug-likeness (QED) is 0.716. The molecule has 1 saturated carbocycles. The van der Waals surface area contributed by atoms with E-state index >= 15 is 0 Å². The molecule has 2 atom stereocenters. The number of hydrogen-bond donors (Lipinski definition) is 1. The molecule has 0 spiro atoms. The van der Waals surface area contributed by atoms with Gasteiger partial charge in [0, 0.05) is 12.0 Å². The summed E-state index contributed by atoms with van der Waals surface area (Å²) in [5.74, 6) is 0.694. The summed E-state index contributed by atoms with van der Waals surface area (Å²) >= 11 is 0. The van der Waals surface area contributed by atoms with Gasteiger partial charge in [0.2, 0.25) is 0 Å². The van der Waals surface area contributed by atoms with Gasteiger partial charge in [-0.1, -0.05) is 12.1 Å². The maximum Gasteiger partial charge on any atom is 0.126 e. The van der Waals surface area contributed by atoms with E-state index in [4.69, 9.17) is 0 Å². The zero-order valence-electron chi connectivity index (χ0n) is 8.31. The van der Waals surface area contributed by atoms with E-state index in [1.807, 2.05) is 13.0 Å². The first kappa shape index (κ1) is 8.42. The van der Waals surface area contributed by atoms with E-state index in [1.54, 1.807) is 6.07 Å². The molecule has 1 aliphatic heterocycles. The van der Waals surface area contributed by atoms with Gasteiger partial charge in [0.1, 0.15) is 5.82 Å². The number of halogens is 1. The van der Waals surface area contributed by atoms with Crippen LogP contribution in [0.1, 0.15) is 17.5 Å². The molecule has 2 aliphatic rings. The number of fused-ring (bicyclic) bond motifs is 1. The van der Waals surface area contributed by atoms with Gasteiger partial charge < -0.3 is 5.32 Å². The highest BCUT2D eigenvalue weighted by molar-refractivity contribution is 5.38. The van der Waals surface area contributed by atoms with E-state index in [0.29, 0.717) is 0 Å². The smallest absolute Gasteiger partial charge is 0.126 e. The maximum absolute atomic E-state index is 13.4. The number of piperidine rings is 1. The van der Waals surface area contributed by atoms with Crippen LogP contribution in [-0.2, 0) is 5.41 Å². The van der Waals surface area contributed by atoms with Crippen molar-refractivity contribution in [3.63, 3.8) is 0 Å². The van der Waals surface area contributed by atoms with Crippen molar-refractivity contribution in [1.82, 2.24) is 5.32 Å². The lowest BCUT2D eigenvalue weighted by atomic mass is 9.94. The summed E-state index contributed by atoms with van der Waals surface area (Å²) in [6.45, 7) is 3.95. The summed E-state index contributed by atoms with van der Waals surface area (Å²) in [6, 6.07) is 5.71. The van der Waals surface area contributed by atoms with Gasteiger partial charge in [-0.2, -0.15) is 0 Å². The predicted octanol–water partition coefficient (Wildman–Crippen LogP) is 2.00. The summed E-state index contributed by atoms with van der Waals surface area (Å²) in [5, 5.41) is 3.37. The Kier molecular flexibility index (Phi) is 1.55. The second kappa shape index (κ2) is 2.57. The topological polar surface area (TPSA) is 12.0 Å². The number of benzene rings is 1. The van der Waals surface area contributed by atoms with Gasteiger partial charge >= 0.3 is 0 Å². The number of hydrogen-bond acceptors (Lipinski definition) is 1. The zero-order chi connectivity index (χ0) is 9.76. The van der Waals surface area contributed by atoms with E-state index < -0.39 is 0 Å². The van der Waals surface area contributed by atoms with Crippen molar-refractivity contribution < 1.29 is 4.39 Å². The molecule has 74 valence electrons. The van der Waals surface area contributed by atoms with Crippen molar-refractivity contribution in [3.05, 3.63) is 35.1 Å². The first-order valence-corrected chi connectivity index (χ1v) is 5.20. The van der Waals surface area contributed by atoms with Crippen LogP contribution in [0, 0.1) is 18.7 Å². The molecule has 1 aliphatic carbocycles. The Hall–Kier alpha value is -0.890. The molecule has 1 N–H and O–H groups in total. The lowest BCUT2D eigenvalue weighted by Crippen LogP contribution is -2.19. The van der Waals surface area contributed by atoms with Crippen molar-refractivity contribution in [2.45, 2.75) is 18.8 Å². The Morgan fingerprint density at radius 2 is 2.36 bits per heavy atom. The molecule has 0 unspecified atom stereocenters. The van der Waals surface area contributed by atoms with Gasteiger partial charge in [-0.25, -0.2) is 4.39 Å². The molecule has 0 bridgehead atoms. The molecule has 1 heterocycles. The van der Waals surface area contributed by atoms with Crippen LogP contribution in [0.3, 0.4) is 0 Å². The van der Waals surface area contributed by atoms with Gasteiger partial charge in [-0.05, 0) is 43.0 Å². The Balaban J connectivity index is 2.01. The summed E-state index contributed by atoms with van der Waals surface area (Å²) in [5.41, 5.74) is 2.22. The fourth-order valence-electron chi connectivity index (χ4n) is 2.69. The van der Waals surface area contributed by atoms with E-state index in [0.717, 1.165) is 24.6 Å². The van der Waals surface area contributed by atoms with E-state index in [2.05, 4.69) is 11.4 Å². The Morgan fingerprint density at radius 3 is 2.93 bits per heavy atom. The van der Waals surface area contributed by atoms with Crippen molar-refractivity contribution in [1.29, 1.82) is 0 Å². The van der Waals surface area contributed by atoms with Gasteiger partial charge in [0.25, 0.3) is 0 Å². The number of rotatable bonds is 1. The van der Waals surface area contributed by atoms with Crippen molar-refractivity contribution in [3.8, 4) is 0 Å². The van der Waals surface area contributed by atoms with Gasteiger partial charge in [-0.3, -0.25) is 0 Å². The standard InChI is InChI=1S/C12H14FN/c1-8-2-3-9(4-11(8)13)12-5-10(12)6-14-7-12/h2-4,10,14H,5-7H2,1H3/t10-,12+/m1/s1. The minimum Gasteiger partial charge on any atom is -0.316 e. The van der Waals surface area contributed by atoms with E-state index in [9.17, 15) is 4.39 Å². The second-order valence-electron chi connectivity index (χ2n) is 4.65. The first-order chi connectivity index (χ1) is 6.72. The average Bonchev–Trinajstić information content (AvgIpc) is 2.75. The van der Waals surface area contributed by atoms with Crippen LogP contribution in [0.5, 0.6) is 0 Å². The van der Waals surface area contributed by atoms with Crippen LogP contribution in [0.2, 0.25) is 0 Å². The van der Waals surface area contributed by atoms with E-state index in [-0.39, 0.29) is 11.2 Å². The Morgan fingerprint density at radius 1 is 1.50 bits per heavy atom. The molecular formula is C12H14FN. The largest absolute Gasteiger partial charge is 0.316 e. The van der Waals surface area contributed by atoms with Gasteiger partial charge in [0.05, 0.1) is 0 Å². The molecule has 0 radical (unpaired) electrons. The van der Waals surface area contributed by atoms with Crippen molar-refractivity contribution in [2.75, 3.05) is 13.1 Å². The Labute approximate surface area is 83.3 Å². The third kappa shape index (κ3) is 0.976. The zero-order valence-corrected chi connectivity index (χ0v) is 8.31. The fourth-order valence-corrected chi connectivity index (χ4v) is 2.69. The highest BCUT2D eigenvalue weighted by Crippen LogP contribution is 2.56. The van der Waals surface area contributed by atoms with Gasteiger partial charge in [0.15, 0.2) is 0 Å².